The first kappa shape index (κ1) is 22.3. The molecule has 176 valence electrons. The SMILES string of the molecule is C=C1OCc2c(cc3n(c2=O)Cc2c-3nc3ccc(OCC(=O)CC)cc3c2CC)C1(O)CC. The van der Waals surface area contributed by atoms with Crippen LogP contribution in [-0.4, -0.2) is 27.0 Å². The van der Waals surface area contributed by atoms with Gasteiger partial charge in [0.25, 0.3) is 5.56 Å². The van der Waals surface area contributed by atoms with Crippen LogP contribution < -0.4 is 10.3 Å². The van der Waals surface area contributed by atoms with E-state index in [0.29, 0.717) is 42.0 Å². The molecule has 1 aromatic carbocycles. The highest BCUT2D eigenvalue weighted by Gasteiger charge is 2.41. The molecule has 34 heavy (non-hydrogen) atoms. The Labute approximate surface area is 197 Å². The minimum absolute atomic E-state index is 0.0420. The molecule has 0 radical (unpaired) electrons. The highest BCUT2D eigenvalue weighted by Crippen LogP contribution is 2.43. The van der Waals surface area contributed by atoms with Crippen molar-refractivity contribution in [3.8, 4) is 17.1 Å². The van der Waals surface area contributed by atoms with Crippen molar-refractivity contribution in [2.45, 2.75) is 58.8 Å². The Morgan fingerprint density at radius 3 is 2.76 bits per heavy atom. The predicted molar refractivity (Wildman–Crippen MR) is 129 cm³/mol. The maximum Gasteiger partial charge on any atom is 0.258 e. The molecular weight excluding hydrogens is 432 g/mol. The minimum atomic E-state index is -1.41. The molecular formula is C27H28N2O5. The molecule has 2 aromatic heterocycles. The van der Waals surface area contributed by atoms with Crippen LogP contribution in [0.1, 0.15) is 55.9 Å². The van der Waals surface area contributed by atoms with E-state index in [9.17, 15) is 14.7 Å². The number of carbonyl (C=O) groups is 1. The second-order valence-electron chi connectivity index (χ2n) is 8.87. The van der Waals surface area contributed by atoms with E-state index >= 15 is 0 Å². The molecule has 5 rings (SSSR count). The van der Waals surface area contributed by atoms with Crippen molar-refractivity contribution in [3.05, 3.63) is 69.2 Å². The highest BCUT2D eigenvalue weighted by molar-refractivity contribution is 5.89. The molecule has 7 nitrogen and oxygen atoms in total. The van der Waals surface area contributed by atoms with Gasteiger partial charge in [-0.15, -0.1) is 0 Å². The number of aliphatic hydroxyl groups is 1. The maximum atomic E-state index is 13.5. The van der Waals surface area contributed by atoms with Crippen LogP contribution in [0.2, 0.25) is 0 Å². The number of fused-ring (bicyclic) bond motifs is 5. The van der Waals surface area contributed by atoms with Gasteiger partial charge in [0.15, 0.2) is 5.78 Å². The summed E-state index contributed by atoms with van der Waals surface area (Å²) in [6.07, 6.45) is 1.54. The van der Waals surface area contributed by atoms with Crippen LogP contribution in [0.3, 0.4) is 0 Å². The van der Waals surface area contributed by atoms with Gasteiger partial charge in [0.05, 0.1) is 29.0 Å². The Morgan fingerprint density at radius 2 is 2.06 bits per heavy atom. The zero-order valence-electron chi connectivity index (χ0n) is 19.7. The average Bonchev–Trinajstić information content (AvgIpc) is 3.22. The van der Waals surface area contributed by atoms with E-state index in [1.807, 2.05) is 38.1 Å². The van der Waals surface area contributed by atoms with Crippen LogP contribution in [0.4, 0.5) is 0 Å². The molecule has 0 fully saturated rings. The van der Waals surface area contributed by atoms with Crippen molar-refractivity contribution < 1.29 is 19.4 Å². The quantitative estimate of drug-likeness (QED) is 0.468. The third kappa shape index (κ3) is 3.18. The van der Waals surface area contributed by atoms with E-state index in [1.165, 1.54) is 0 Å². The van der Waals surface area contributed by atoms with Crippen LogP contribution in [0.15, 0.2) is 41.4 Å². The van der Waals surface area contributed by atoms with Crippen LogP contribution in [-0.2, 0) is 34.7 Å². The van der Waals surface area contributed by atoms with Gasteiger partial charge in [-0.2, -0.15) is 0 Å². The monoisotopic (exact) mass is 460 g/mol. The number of rotatable bonds is 6. The zero-order valence-corrected chi connectivity index (χ0v) is 19.7. The van der Waals surface area contributed by atoms with E-state index in [2.05, 4.69) is 13.5 Å². The fraction of sp³-hybridized carbons (Fsp3) is 0.370. The lowest BCUT2D eigenvalue weighted by atomic mass is 9.84. The molecule has 0 saturated carbocycles. The summed E-state index contributed by atoms with van der Waals surface area (Å²) < 4.78 is 13.0. The summed E-state index contributed by atoms with van der Waals surface area (Å²) in [4.78, 5) is 30.1. The topological polar surface area (TPSA) is 90.7 Å². The Bertz CT molecular complexity index is 1420. The summed E-state index contributed by atoms with van der Waals surface area (Å²) in [5.41, 5.74) is 3.79. The van der Waals surface area contributed by atoms with Crippen molar-refractivity contribution in [1.82, 2.24) is 9.55 Å². The largest absolute Gasteiger partial charge is 0.490 e. The van der Waals surface area contributed by atoms with Crippen molar-refractivity contribution in [2.75, 3.05) is 6.61 Å². The number of benzene rings is 1. The van der Waals surface area contributed by atoms with Crippen molar-refractivity contribution >= 4 is 16.7 Å². The minimum Gasteiger partial charge on any atom is -0.490 e. The Hall–Kier alpha value is -3.45. The molecule has 1 unspecified atom stereocenters. The summed E-state index contributed by atoms with van der Waals surface area (Å²) >= 11 is 0. The first-order chi connectivity index (χ1) is 16.3. The molecule has 0 aliphatic carbocycles. The van der Waals surface area contributed by atoms with Crippen LogP contribution in [0, 0.1) is 0 Å². The predicted octanol–water partition coefficient (Wildman–Crippen LogP) is 3.99. The molecule has 4 heterocycles. The van der Waals surface area contributed by atoms with Crippen molar-refractivity contribution in [2.24, 2.45) is 0 Å². The van der Waals surface area contributed by atoms with Gasteiger partial charge in [-0.1, -0.05) is 27.4 Å². The summed E-state index contributed by atoms with van der Waals surface area (Å²) in [5, 5.41) is 12.2. The Balaban J connectivity index is 1.68. The second-order valence-corrected chi connectivity index (χ2v) is 8.87. The highest BCUT2D eigenvalue weighted by atomic mass is 16.5. The summed E-state index contributed by atoms with van der Waals surface area (Å²) in [6.45, 7) is 10.2. The standard InChI is InChI=1S/C27H28N2O5/c1-5-16(30)13-34-17-8-9-23-19(10-17)18(6-2)20-12-29-24(25(20)28-23)11-22-21(26(29)31)14-33-15(4)27(22,32)7-3/h8-11,32H,4-7,12-14H2,1-3H3. The smallest absolute Gasteiger partial charge is 0.258 e. The fourth-order valence-corrected chi connectivity index (χ4v) is 5.02. The molecule has 0 bridgehead atoms. The third-order valence-electron chi connectivity index (χ3n) is 7.09. The molecule has 0 spiro atoms. The van der Waals surface area contributed by atoms with Gasteiger partial charge in [-0.05, 0) is 42.7 Å². The van der Waals surface area contributed by atoms with E-state index in [4.69, 9.17) is 14.5 Å². The van der Waals surface area contributed by atoms with E-state index < -0.39 is 5.60 Å². The molecule has 1 N–H and O–H groups in total. The normalized spacial score (nSPS) is 18.3. The van der Waals surface area contributed by atoms with Gasteiger partial charge in [0.2, 0.25) is 0 Å². The van der Waals surface area contributed by atoms with Gasteiger partial charge in [-0.25, -0.2) is 4.98 Å². The van der Waals surface area contributed by atoms with Crippen LogP contribution in [0.25, 0.3) is 22.3 Å². The number of hydrogen-bond acceptors (Lipinski definition) is 6. The molecule has 2 aliphatic rings. The number of carbonyl (C=O) groups excluding carboxylic acids is 1. The lowest BCUT2D eigenvalue weighted by molar-refractivity contribution is -0.120. The van der Waals surface area contributed by atoms with Crippen LogP contribution >= 0.6 is 0 Å². The number of hydrogen-bond donors (Lipinski definition) is 1. The third-order valence-corrected chi connectivity index (χ3v) is 7.09. The first-order valence-corrected chi connectivity index (χ1v) is 11.7. The Morgan fingerprint density at radius 1 is 1.26 bits per heavy atom. The first-order valence-electron chi connectivity index (χ1n) is 11.7. The van der Waals surface area contributed by atoms with Gasteiger partial charge >= 0.3 is 0 Å². The van der Waals surface area contributed by atoms with E-state index in [0.717, 1.165) is 34.1 Å². The average molecular weight is 461 g/mol. The van der Waals surface area contributed by atoms with E-state index in [1.54, 1.807) is 4.57 Å². The molecule has 7 heteroatoms. The lowest BCUT2D eigenvalue weighted by Gasteiger charge is -2.35. The maximum absolute atomic E-state index is 13.5. The van der Waals surface area contributed by atoms with Crippen molar-refractivity contribution in [1.29, 1.82) is 0 Å². The number of nitrogens with zero attached hydrogens (tertiary/aromatic N) is 2. The number of ketones is 1. The van der Waals surface area contributed by atoms with Gasteiger partial charge in [0.1, 0.15) is 30.3 Å². The summed E-state index contributed by atoms with van der Waals surface area (Å²) in [5.74, 6) is 0.929. The fourth-order valence-electron chi connectivity index (χ4n) is 5.02. The van der Waals surface area contributed by atoms with Gasteiger partial charge in [-0.3, -0.25) is 9.59 Å². The molecule has 1 atom stereocenters. The van der Waals surface area contributed by atoms with Gasteiger partial charge < -0.3 is 19.1 Å². The molecule has 0 saturated heterocycles. The summed E-state index contributed by atoms with van der Waals surface area (Å²) in [7, 11) is 0. The van der Waals surface area contributed by atoms with Gasteiger partial charge in [0, 0.05) is 22.9 Å². The molecule has 0 amide bonds. The number of aryl methyl sites for hydroxylation is 1. The number of Topliss-reactive ketones (excluding diaryl/α,β-unsaturated/α-hetero) is 1. The number of aromatic nitrogens is 2. The molecule has 2 aliphatic heterocycles. The van der Waals surface area contributed by atoms with E-state index in [-0.39, 0.29) is 30.3 Å². The van der Waals surface area contributed by atoms with Crippen molar-refractivity contribution in [3.63, 3.8) is 0 Å². The summed E-state index contributed by atoms with van der Waals surface area (Å²) in [6, 6.07) is 7.51. The number of pyridine rings is 2. The Kier molecular flexibility index (Phi) is 5.32. The molecule has 3 aromatic rings. The van der Waals surface area contributed by atoms with Crippen LogP contribution in [0.5, 0.6) is 5.75 Å². The second kappa shape index (κ2) is 8.09. The number of ether oxygens (including phenoxy) is 2. The lowest BCUT2D eigenvalue weighted by Crippen LogP contribution is -2.38. The zero-order chi connectivity index (χ0) is 24.2.